The van der Waals surface area contributed by atoms with E-state index in [1.807, 2.05) is 20.8 Å². The highest BCUT2D eigenvalue weighted by Gasteiger charge is 2.64. The molecule has 0 aromatic heterocycles. The van der Waals surface area contributed by atoms with Crippen LogP contribution in [0.5, 0.6) is 0 Å². The molecule has 0 spiro atoms. The van der Waals surface area contributed by atoms with Crippen molar-refractivity contribution in [2.24, 2.45) is 11.8 Å². The predicted octanol–water partition coefficient (Wildman–Crippen LogP) is 3.65. The van der Waals surface area contributed by atoms with Crippen LogP contribution in [0.25, 0.3) is 5.57 Å². The van der Waals surface area contributed by atoms with E-state index < -0.39 is 5.60 Å². The molecule has 22 heavy (non-hydrogen) atoms. The third kappa shape index (κ3) is 1.58. The number of hydrogen-bond acceptors (Lipinski definition) is 3. The molecule has 0 radical (unpaired) electrons. The van der Waals surface area contributed by atoms with Crippen molar-refractivity contribution < 1.29 is 14.6 Å². The van der Waals surface area contributed by atoms with Crippen molar-refractivity contribution >= 4 is 11.4 Å². The number of aliphatic hydroxyl groups excluding tert-OH is 1. The minimum Gasteiger partial charge on any atom is -0.511 e. The smallest absolute Gasteiger partial charge is 0.173 e. The van der Waals surface area contributed by atoms with Gasteiger partial charge in [0.1, 0.15) is 5.76 Å². The molecule has 0 amide bonds. The molecule has 2 bridgehead atoms. The second-order valence-electron chi connectivity index (χ2n) is 7.41. The van der Waals surface area contributed by atoms with Gasteiger partial charge in [0, 0.05) is 0 Å². The van der Waals surface area contributed by atoms with Crippen molar-refractivity contribution in [2.45, 2.75) is 52.2 Å². The molecule has 3 nitrogen and oxygen atoms in total. The summed E-state index contributed by atoms with van der Waals surface area (Å²) in [5.74, 6) is -0.0107. The van der Waals surface area contributed by atoms with Gasteiger partial charge in [-0.2, -0.15) is 0 Å². The molecule has 2 fully saturated rings. The average Bonchev–Trinajstić information content (AvgIpc) is 3.01. The highest BCUT2D eigenvalue weighted by molar-refractivity contribution is 6.26. The fraction of sp³-hybridized carbons (Fsp3) is 0.526. The van der Waals surface area contributed by atoms with Gasteiger partial charge in [0.15, 0.2) is 5.78 Å². The number of ketones is 1. The Balaban J connectivity index is 1.89. The van der Waals surface area contributed by atoms with Gasteiger partial charge in [-0.05, 0) is 57.2 Å². The highest BCUT2D eigenvalue weighted by Crippen LogP contribution is 2.59. The fourth-order valence-electron chi connectivity index (χ4n) is 5.02. The highest BCUT2D eigenvalue weighted by atomic mass is 16.5. The van der Waals surface area contributed by atoms with Gasteiger partial charge >= 0.3 is 0 Å². The maximum Gasteiger partial charge on any atom is 0.173 e. The first kappa shape index (κ1) is 14.0. The minimum absolute atomic E-state index is 0.00232. The summed E-state index contributed by atoms with van der Waals surface area (Å²) in [6.45, 7) is 8.12. The van der Waals surface area contributed by atoms with Crippen molar-refractivity contribution in [3.8, 4) is 0 Å². The van der Waals surface area contributed by atoms with Crippen molar-refractivity contribution in [3.63, 3.8) is 0 Å². The Labute approximate surface area is 131 Å². The number of rotatable bonds is 1. The van der Waals surface area contributed by atoms with E-state index in [1.54, 1.807) is 0 Å². The first-order valence-corrected chi connectivity index (χ1v) is 8.07. The quantitative estimate of drug-likeness (QED) is 0.861. The van der Waals surface area contributed by atoms with Gasteiger partial charge < -0.3 is 9.84 Å². The monoisotopic (exact) mass is 298 g/mol. The maximum absolute atomic E-state index is 13.1. The Kier molecular flexibility index (Phi) is 2.69. The maximum atomic E-state index is 13.1. The van der Waals surface area contributed by atoms with E-state index in [2.05, 4.69) is 19.1 Å². The number of carbonyl (C=O) groups excluding carboxylic acids is 1. The molecule has 3 aliphatic rings. The predicted molar refractivity (Wildman–Crippen MR) is 84.7 cm³/mol. The van der Waals surface area contributed by atoms with Gasteiger partial charge in [0.05, 0.1) is 29.1 Å². The number of ether oxygens (including phenoxy) is 1. The van der Waals surface area contributed by atoms with E-state index in [9.17, 15) is 9.90 Å². The van der Waals surface area contributed by atoms with Crippen LogP contribution in [0, 0.1) is 32.6 Å². The van der Waals surface area contributed by atoms with Crippen LogP contribution >= 0.6 is 0 Å². The van der Waals surface area contributed by atoms with Gasteiger partial charge in [-0.25, -0.2) is 0 Å². The van der Waals surface area contributed by atoms with Crippen LogP contribution in [-0.4, -0.2) is 22.6 Å². The number of aryl methyl sites for hydroxylation is 3. The lowest BCUT2D eigenvalue weighted by molar-refractivity contribution is -0.121. The van der Waals surface area contributed by atoms with Gasteiger partial charge in [0.2, 0.25) is 0 Å². The Hall–Kier alpha value is -1.61. The first-order chi connectivity index (χ1) is 10.3. The number of carbonyl (C=O) groups is 1. The molecule has 1 aromatic carbocycles. The molecule has 2 aliphatic heterocycles. The third-order valence-electron chi connectivity index (χ3n) is 5.79. The van der Waals surface area contributed by atoms with Gasteiger partial charge in [-0.3, -0.25) is 4.79 Å². The molecule has 1 N–H and O–H groups in total. The molecular formula is C19H22O3. The number of aliphatic hydroxyl groups is 1. The number of hydrogen-bond donors (Lipinski definition) is 1. The largest absolute Gasteiger partial charge is 0.511 e. The lowest BCUT2D eigenvalue weighted by atomic mass is 9.73. The molecule has 4 rings (SSSR count). The molecule has 1 aromatic rings. The Morgan fingerprint density at radius 2 is 1.86 bits per heavy atom. The number of Topliss-reactive ketones (excluding diaryl/α,β-unsaturated/α-hetero) is 1. The van der Waals surface area contributed by atoms with Crippen LogP contribution in [0.1, 0.15) is 42.0 Å². The zero-order chi connectivity index (χ0) is 15.8. The number of benzene rings is 1. The molecule has 4 atom stereocenters. The fourth-order valence-corrected chi connectivity index (χ4v) is 5.02. The summed E-state index contributed by atoms with van der Waals surface area (Å²) in [7, 11) is 0. The third-order valence-corrected chi connectivity index (χ3v) is 5.79. The zero-order valence-corrected chi connectivity index (χ0v) is 13.6. The normalized spacial score (nSPS) is 36.4. The van der Waals surface area contributed by atoms with Crippen LogP contribution in [0.15, 0.2) is 17.9 Å². The molecule has 0 unspecified atom stereocenters. The Morgan fingerprint density at radius 3 is 2.45 bits per heavy atom. The summed E-state index contributed by atoms with van der Waals surface area (Å²) < 4.78 is 6.02. The average molecular weight is 298 g/mol. The van der Waals surface area contributed by atoms with Crippen LogP contribution in [0.2, 0.25) is 0 Å². The Bertz CT molecular complexity index is 707. The molecule has 2 heterocycles. The van der Waals surface area contributed by atoms with Crippen LogP contribution in [-0.2, 0) is 9.53 Å². The Morgan fingerprint density at radius 1 is 1.23 bits per heavy atom. The summed E-state index contributed by atoms with van der Waals surface area (Å²) in [5, 5.41) is 10.8. The standard InChI is InChI=1S/C19H22O3/c1-9-7-10(2)13(11(3)8-9)15-17(20)14-12-5-6-19(4,22-12)16(14)18(15)21/h7-8,12,14,16,20H,5-6H2,1-4H3/t12-,14-,16+,19+/m0/s1. The molecule has 2 saturated heterocycles. The summed E-state index contributed by atoms with van der Waals surface area (Å²) in [6, 6.07) is 4.16. The molecular weight excluding hydrogens is 276 g/mol. The van der Waals surface area contributed by atoms with Crippen LogP contribution in [0.4, 0.5) is 0 Å². The summed E-state index contributed by atoms with van der Waals surface area (Å²) in [4.78, 5) is 13.1. The van der Waals surface area contributed by atoms with Crippen molar-refractivity contribution in [3.05, 3.63) is 40.1 Å². The van der Waals surface area contributed by atoms with E-state index >= 15 is 0 Å². The molecule has 116 valence electrons. The van der Waals surface area contributed by atoms with E-state index in [1.165, 1.54) is 5.56 Å². The van der Waals surface area contributed by atoms with Crippen molar-refractivity contribution in [2.75, 3.05) is 0 Å². The van der Waals surface area contributed by atoms with E-state index in [-0.39, 0.29) is 29.5 Å². The molecule has 0 saturated carbocycles. The van der Waals surface area contributed by atoms with Crippen molar-refractivity contribution in [1.29, 1.82) is 0 Å². The summed E-state index contributed by atoms with van der Waals surface area (Å²) in [6.07, 6.45) is 1.85. The lowest BCUT2D eigenvalue weighted by Gasteiger charge is -2.27. The van der Waals surface area contributed by atoms with Gasteiger partial charge in [0.25, 0.3) is 0 Å². The number of fused-ring (bicyclic) bond motifs is 5. The van der Waals surface area contributed by atoms with Gasteiger partial charge in [-0.1, -0.05) is 17.7 Å². The first-order valence-electron chi connectivity index (χ1n) is 8.07. The second-order valence-corrected chi connectivity index (χ2v) is 7.41. The van der Waals surface area contributed by atoms with E-state index in [0.717, 1.165) is 29.5 Å². The summed E-state index contributed by atoms with van der Waals surface area (Å²) >= 11 is 0. The zero-order valence-electron chi connectivity index (χ0n) is 13.6. The lowest BCUT2D eigenvalue weighted by Crippen LogP contribution is -2.37. The minimum atomic E-state index is -0.394. The molecule has 3 heteroatoms. The number of allylic oxidation sites excluding steroid dienone is 1. The van der Waals surface area contributed by atoms with Crippen LogP contribution < -0.4 is 0 Å². The SMILES string of the molecule is Cc1cc(C)c(C2=C(O)[C@H]3[C@@H]4CC[C@@](C)(O4)[C@H]3C2=O)c(C)c1. The van der Waals surface area contributed by atoms with Crippen molar-refractivity contribution in [1.82, 2.24) is 0 Å². The van der Waals surface area contributed by atoms with Crippen LogP contribution in [0.3, 0.4) is 0 Å². The molecule has 1 aliphatic carbocycles. The summed E-state index contributed by atoms with van der Waals surface area (Å²) in [5.41, 5.74) is 4.38. The van der Waals surface area contributed by atoms with E-state index in [4.69, 9.17) is 4.74 Å². The van der Waals surface area contributed by atoms with Gasteiger partial charge in [-0.15, -0.1) is 0 Å². The van der Waals surface area contributed by atoms with E-state index in [0.29, 0.717) is 5.57 Å². The second kappa shape index (κ2) is 4.23. The topological polar surface area (TPSA) is 46.5 Å².